The topological polar surface area (TPSA) is 115 Å². The van der Waals surface area contributed by atoms with Gasteiger partial charge in [-0.3, -0.25) is 0 Å². The van der Waals surface area contributed by atoms with E-state index in [2.05, 4.69) is 13.8 Å². The molecule has 5 fully saturated rings. The van der Waals surface area contributed by atoms with Crippen molar-refractivity contribution < 1.29 is 39.1 Å². The number of hydrogen-bond donors (Lipinski definition) is 3. The summed E-state index contributed by atoms with van der Waals surface area (Å²) in [7, 11) is 1.49. The number of ether oxygens (including phenoxy) is 4. The third-order valence-corrected chi connectivity index (χ3v) is 12.3. The van der Waals surface area contributed by atoms with Crippen molar-refractivity contribution in [3.05, 3.63) is 11.6 Å². The minimum Gasteiger partial charge on any atom is -0.458 e. The Kier molecular flexibility index (Phi) is 6.80. The zero-order valence-electron chi connectivity index (χ0n) is 23.3. The van der Waals surface area contributed by atoms with Crippen LogP contribution in [0.1, 0.15) is 78.6 Å². The number of carbonyl (C=O) groups excluding carboxylic acids is 1. The normalized spacial score (nSPS) is 54.5. The van der Waals surface area contributed by atoms with Crippen LogP contribution in [0, 0.1) is 34.5 Å². The van der Waals surface area contributed by atoms with Crippen LogP contribution in [0.25, 0.3) is 0 Å². The predicted molar refractivity (Wildman–Crippen MR) is 138 cm³/mol. The molecule has 4 aliphatic carbocycles. The lowest BCUT2D eigenvalue weighted by Crippen LogP contribution is -2.62. The summed E-state index contributed by atoms with van der Waals surface area (Å²) in [5.74, 6) is 1.22. The highest BCUT2D eigenvalue weighted by atomic mass is 16.7. The van der Waals surface area contributed by atoms with Gasteiger partial charge in [-0.2, -0.15) is 0 Å². The fourth-order valence-electron chi connectivity index (χ4n) is 10.1. The smallest absolute Gasteiger partial charge is 0.331 e. The quantitative estimate of drug-likeness (QED) is 0.372. The van der Waals surface area contributed by atoms with Crippen molar-refractivity contribution in [2.24, 2.45) is 34.5 Å². The van der Waals surface area contributed by atoms with Crippen molar-refractivity contribution in [3.63, 3.8) is 0 Å². The Morgan fingerprint density at radius 2 is 1.79 bits per heavy atom. The van der Waals surface area contributed by atoms with Crippen LogP contribution < -0.4 is 0 Å². The zero-order chi connectivity index (χ0) is 27.0. The van der Waals surface area contributed by atoms with Crippen molar-refractivity contribution in [1.29, 1.82) is 0 Å². The number of aliphatic hydroxyl groups is 3. The van der Waals surface area contributed by atoms with E-state index in [1.165, 1.54) is 7.11 Å². The van der Waals surface area contributed by atoms with E-state index in [0.717, 1.165) is 63.4 Å². The Labute approximate surface area is 226 Å². The first kappa shape index (κ1) is 27.2. The average Bonchev–Trinajstić information content (AvgIpc) is 3.43. The molecule has 0 aromatic heterocycles. The van der Waals surface area contributed by atoms with Gasteiger partial charge in [0.05, 0.1) is 17.8 Å². The molecule has 4 saturated carbocycles. The van der Waals surface area contributed by atoms with Crippen LogP contribution in [0.5, 0.6) is 0 Å². The van der Waals surface area contributed by atoms with Gasteiger partial charge in [-0.1, -0.05) is 13.8 Å². The molecule has 13 atom stereocenters. The van der Waals surface area contributed by atoms with Gasteiger partial charge in [0.15, 0.2) is 6.29 Å². The molecule has 6 rings (SSSR count). The molecule has 8 nitrogen and oxygen atoms in total. The monoisotopic (exact) mass is 534 g/mol. The molecule has 0 aromatic rings. The van der Waals surface area contributed by atoms with E-state index in [9.17, 15) is 20.1 Å². The first-order chi connectivity index (χ1) is 18.0. The van der Waals surface area contributed by atoms with Gasteiger partial charge in [-0.15, -0.1) is 0 Å². The number of fused-ring (bicyclic) bond motifs is 5. The maximum Gasteiger partial charge on any atom is 0.331 e. The molecular weight excluding hydrogens is 488 g/mol. The van der Waals surface area contributed by atoms with Gasteiger partial charge in [0.1, 0.15) is 24.9 Å². The van der Waals surface area contributed by atoms with Gasteiger partial charge in [-0.05, 0) is 99.4 Å². The number of methoxy groups -OCH3 is 1. The van der Waals surface area contributed by atoms with Crippen molar-refractivity contribution in [3.8, 4) is 0 Å². The third-order valence-electron chi connectivity index (χ3n) is 12.3. The largest absolute Gasteiger partial charge is 0.458 e. The van der Waals surface area contributed by atoms with Crippen molar-refractivity contribution in [2.45, 2.75) is 121 Å². The van der Waals surface area contributed by atoms with Gasteiger partial charge in [0, 0.05) is 18.6 Å². The Balaban J connectivity index is 1.16. The van der Waals surface area contributed by atoms with Crippen LogP contribution in [0.4, 0.5) is 0 Å². The summed E-state index contributed by atoms with van der Waals surface area (Å²) >= 11 is 0. The molecule has 0 aromatic carbocycles. The Morgan fingerprint density at radius 1 is 1.00 bits per heavy atom. The van der Waals surface area contributed by atoms with Gasteiger partial charge in [0.25, 0.3) is 0 Å². The second-order valence-electron chi connectivity index (χ2n) is 13.7. The molecule has 6 aliphatic rings. The fourth-order valence-corrected chi connectivity index (χ4v) is 10.1. The van der Waals surface area contributed by atoms with Crippen LogP contribution in [-0.2, 0) is 23.7 Å². The number of esters is 1. The van der Waals surface area contributed by atoms with Crippen LogP contribution in [0.2, 0.25) is 0 Å². The molecule has 3 N–H and O–H groups in total. The highest BCUT2D eigenvalue weighted by Gasteiger charge is 2.67. The van der Waals surface area contributed by atoms with E-state index in [4.69, 9.17) is 18.9 Å². The Bertz CT molecular complexity index is 968. The van der Waals surface area contributed by atoms with Gasteiger partial charge in [0.2, 0.25) is 0 Å². The molecule has 0 radical (unpaired) electrons. The lowest BCUT2D eigenvalue weighted by atomic mass is 9.43. The molecule has 214 valence electrons. The number of carbonyl (C=O) groups is 1. The van der Waals surface area contributed by atoms with E-state index in [0.29, 0.717) is 18.4 Å². The van der Waals surface area contributed by atoms with E-state index >= 15 is 0 Å². The van der Waals surface area contributed by atoms with Crippen molar-refractivity contribution >= 4 is 5.97 Å². The van der Waals surface area contributed by atoms with Crippen LogP contribution in [0.15, 0.2) is 11.6 Å². The SMILES string of the molecule is CO[C@H]1[C@@H](O)[C@@H](C)O[C@@H](O[C@H]2CC[C@@]3(C)[C@H](CC[C@H]4[C@H]3CC[C@]3(C)[C@@H](C5=CC(=O)OC5)CC[C@]43O)C2)[C@@H]1O. The predicted octanol–water partition coefficient (Wildman–Crippen LogP) is 3.11. The van der Waals surface area contributed by atoms with E-state index in [1.54, 1.807) is 13.0 Å². The number of cyclic esters (lactones) is 1. The molecule has 2 heterocycles. The summed E-state index contributed by atoms with van der Waals surface area (Å²) in [5.41, 5.74) is 0.300. The highest BCUT2D eigenvalue weighted by Crippen LogP contribution is 2.70. The summed E-state index contributed by atoms with van der Waals surface area (Å²) < 4.78 is 22.8. The van der Waals surface area contributed by atoms with Crippen LogP contribution >= 0.6 is 0 Å². The second kappa shape index (κ2) is 9.52. The minimum atomic E-state index is -1.04. The summed E-state index contributed by atoms with van der Waals surface area (Å²) in [6, 6.07) is 0. The molecule has 0 bridgehead atoms. The maximum absolute atomic E-state index is 12.4. The number of hydrogen-bond acceptors (Lipinski definition) is 8. The number of aliphatic hydroxyl groups excluding tert-OH is 2. The lowest BCUT2D eigenvalue weighted by Gasteiger charge is -2.64. The summed E-state index contributed by atoms with van der Waals surface area (Å²) in [5, 5.41) is 33.5. The standard InChI is InChI=1S/C30H46O8/c1-16-24(32)26(35-4)25(33)27(37-16)38-19-7-10-28(2)18(14-19)5-6-22-21(28)8-11-29(3)20(9-12-30(22,29)34)17-13-23(31)36-15-17/h13,16,18-22,24-27,32-34H,5-12,14-15H2,1-4H3/t16-,18-,19+,20-,21-,22+,24+,25-,26+,27+,28+,29-,30+/m1/s1. The van der Waals surface area contributed by atoms with E-state index in [1.807, 2.05) is 0 Å². The molecule has 1 saturated heterocycles. The van der Waals surface area contributed by atoms with E-state index < -0.39 is 36.3 Å². The fraction of sp³-hybridized carbons (Fsp3) is 0.900. The molecule has 0 spiro atoms. The van der Waals surface area contributed by atoms with Gasteiger partial charge < -0.3 is 34.3 Å². The molecule has 8 heteroatoms. The van der Waals surface area contributed by atoms with E-state index in [-0.39, 0.29) is 34.7 Å². The maximum atomic E-state index is 12.4. The summed E-state index contributed by atoms with van der Waals surface area (Å²) in [4.78, 5) is 11.8. The summed E-state index contributed by atoms with van der Waals surface area (Å²) in [6.07, 6.45) is 6.45. The second-order valence-corrected chi connectivity index (χ2v) is 13.7. The first-order valence-corrected chi connectivity index (χ1v) is 14.8. The third kappa shape index (κ3) is 3.88. The van der Waals surface area contributed by atoms with Gasteiger partial charge in [-0.25, -0.2) is 4.79 Å². The molecule has 2 aliphatic heterocycles. The number of rotatable bonds is 4. The molecule has 0 unspecified atom stereocenters. The molecule has 0 amide bonds. The molecular formula is C30H46O8. The summed E-state index contributed by atoms with van der Waals surface area (Å²) in [6.45, 7) is 6.87. The molecule has 38 heavy (non-hydrogen) atoms. The zero-order valence-corrected chi connectivity index (χ0v) is 23.3. The van der Waals surface area contributed by atoms with Crippen molar-refractivity contribution in [1.82, 2.24) is 0 Å². The highest BCUT2D eigenvalue weighted by molar-refractivity contribution is 5.85. The van der Waals surface area contributed by atoms with Crippen molar-refractivity contribution in [2.75, 3.05) is 13.7 Å². The lowest BCUT2D eigenvalue weighted by molar-refractivity contribution is -0.313. The first-order valence-electron chi connectivity index (χ1n) is 14.8. The Morgan fingerprint density at radius 3 is 2.50 bits per heavy atom. The average molecular weight is 535 g/mol. The van der Waals surface area contributed by atoms with Gasteiger partial charge >= 0.3 is 5.97 Å². The van der Waals surface area contributed by atoms with Crippen LogP contribution in [0.3, 0.4) is 0 Å². The Hall–Kier alpha value is -1.03. The minimum absolute atomic E-state index is 0.0103. The van der Waals surface area contributed by atoms with Crippen LogP contribution in [-0.4, -0.2) is 77.4 Å².